The quantitative estimate of drug-likeness (QED) is 0.746. The summed E-state index contributed by atoms with van der Waals surface area (Å²) in [6.07, 6.45) is 5.73. The van der Waals surface area contributed by atoms with Crippen LogP contribution >= 0.6 is 0 Å². The van der Waals surface area contributed by atoms with E-state index in [0.717, 1.165) is 25.9 Å². The summed E-state index contributed by atoms with van der Waals surface area (Å²) in [6.45, 7) is 1.78. The van der Waals surface area contributed by atoms with E-state index in [1.165, 1.54) is 5.56 Å². The summed E-state index contributed by atoms with van der Waals surface area (Å²) >= 11 is 0. The van der Waals surface area contributed by atoms with E-state index >= 15 is 0 Å². The zero-order valence-corrected chi connectivity index (χ0v) is 8.98. The summed E-state index contributed by atoms with van der Waals surface area (Å²) < 4.78 is 0. The van der Waals surface area contributed by atoms with Crippen molar-refractivity contribution in [2.45, 2.75) is 19.4 Å². The summed E-state index contributed by atoms with van der Waals surface area (Å²) in [4.78, 5) is 6.20. The van der Waals surface area contributed by atoms with E-state index < -0.39 is 0 Å². The minimum absolute atomic E-state index is 0.0399. The number of nitrogens with zero attached hydrogens (tertiary/aromatic N) is 3. The van der Waals surface area contributed by atoms with Gasteiger partial charge in [-0.1, -0.05) is 0 Å². The van der Waals surface area contributed by atoms with Crippen molar-refractivity contribution in [2.24, 2.45) is 5.41 Å². The first kappa shape index (κ1) is 10.1. The number of pyridine rings is 1. The number of aromatic nitrogens is 1. The lowest BCUT2D eigenvalue weighted by Crippen LogP contribution is -2.25. The number of hydrogen-bond acceptors (Lipinski definition) is 3. The molecule has 1 fully saturated rings. The molecule has 3 heteroatoms. The first-order valence-corrected chi connectivity index (χ1v) is 5.23. The molecular formula is C12H15N3. The van der Waals surface area contributed by atoms with Gasteiger partial charge < -0.3 is 4.90 Å². The van der Waals surface area contributed by atoms with E-state index in [-0.39, 0.29) is 5.41 Å². The first-order valence-electron chi connectivity index (χ1n) is 5.23. The molecule has 1 saturated carbocycles. The molecule has 1 aliphatic carbocycles. The van der Waals surface area contributed by atoms with Gasteiger partial charge in [0.2, 0.25) is 0 Å². The maximum atomic E-state index is 8.98. The Hall–Kier alpha value is -1.40. The van der Waals surface area contributed by atoms with Crippen LogP contribution in [0.25, 0.3) is 0 Å². The maximum Gasteiger partial charge on any atom is 0.0703 e. The van der Waals surface area contributed by atoms with Crippen LogP contribution in [0.4, 0.5) is 0 Å². The van der Waals surface area contributed by atoms with E-state index in [0.29, 0.717) is 0 Å². The molecule has 3 nitrogen and oxygen atoms in total. The van der Waals surface area contributed by atoms with Crippen LogP contribution in [0.2, 0.25) is 0 Å². The Balaban J connectivity index is 1.88. The predicted molar refractivity (Wildman–Crippen MR) is 57.9 cm³/mol. The van der Waals surface area contributed by atoms with Gasteiger partial charge in [-0.25, -0.2) is 0 Å². The smallest absolute Gasteiger partial charge is 0.0703 e. The maximum absolute atomic E-state index is 8.98. The summed E-state index contributed by atoms with van der Waals surface area (Å²) in [5.41, 5.74) is 1.21. The fourth-order valence-electron chi connectivity index (χ4n) is 1.83. The average molecular weight is 201 g/mol. The van der Waals surface area contributed by atoms with E-state index in [9.17, 15) is 0 Å². The van der Waals surface area contributed by atoms with Gasteiger partial charge in [0.15, 0.2) is 0 Å². The number of hydrogen-bond donors (Lipinski definition) is 0. The molecule has 1 aromatic heterocycles. The molecule has 0 radical (unpaired) electrons. The summed E-state index contributed by atoms with van der Waals surface area (Å²) in [6, 6.07) is 6.45. The molecule has 1 aromatic rings. The molecular weight excluding hydrogens is 186 g/mol. The van der Waals surface area contributed by atoms with Crippen LogP contribution in [0, 0.1) is 16.7 Å². The lowest BCUT2D eigenvalue weighted by molar-refractivity contribution is 0.286. The molecule has 1 heterocycles. The van der Waals surface area contributed by atoms with Crippen LogP contribution in [-0.4, -0.2) is 23.5 Å². The topological polar surface area (TPSA) is 39.9 Å². The van der Waals surface area contributed by atoms with Crippen LogP contribution in [0.15, 0.2) is 24.5 Å². The molecule has 0 atom stereocenters. The van der Waals surface area contributed by atoms with Crippen LogP contribution in [0.5, 0.6) is 0 Å². The normalized spacial score (nSPS) is 17.4. The third-order valence-electron chi connectivity index (χ3n) is 2.87. The standard InChI is InChI=1S/C12H15N3/c1-15(10-12(9-13)4-5-12)8-11-2-6-14-7-3-11/h2-3,6-7H,4-5,8,10H2,1H3. The highest BCUT2D eigenvalue weighted by molar-refractivity contribution is 5.13. The zero-order valence-electron chi connectivity index (χ0n) is 8.98. The van der Waals surface area contributed by atoms with Crippen molar-refractivity contribution in [3.05, 3.63) is 30.1 Å². The number of nitriles is 1. The van der Waals surface area contributed by atoms with Gasteiger partial charge in [-0.3, -0.25) is 4.98 Å². The zero-order chi connectivity index (χ0) is 10.7. The van der Waals surface area contributed by atoms with Gasteiger partial charge in [0.05, 0.1) is 11.5 Å². The lowest BCUT2D eigenvalue weighted by atomic mass is 10.1. The Labute approximate surface area is 90.4 Å². The molecule has 0 aliphatic heterocycles. The fourth-order valence-corrected chi connectivity index (χ4v) is 1.83. The van der Waals surface area contributed by atoms with E-state index in [1.807, 2.05) is 12.1 Å². The molecule has 0 bridgehead atoms. The molecule has 15 heavy (non-hydrogen) atoms. The molecule has 0 unspecified atom stereocenters. The van der Waals surface area contributed by atoms with Crippen molar-refractivity contribution in [3.63, 3.8) is 0 Å². The van der Waals surface area contributed by atoms with Gasteiger partial charge in [-0.2, -0.15) is 5.26 Å². The third kappa shape index (κ3) is 2.54. The van der Waals surface area contributed by atoms with Gasteiger partial charge in [-0.15, -0.1) is 0 Å². The van der Waals surface area contributed by atoms with Crippen LogP contribution in [-0.2, 0) is 6.54 Å². The second-order valence-corrected chi connectivity index (χ2v) is 4.42. The molecule has 0 aromatic carbocycles. The highest BCUT2D eigenvalue weighted by Crippen LogP contribution is 2.45. The van der Waals surface area contributed by atoms with Crippen molar-refractivity contribution in [1.82, 2.24) is 9.88 Å². The van der Waals surface area contributed by atoms with Crippen LogP contribution < -0.4 is 0 Å². The Kier molecular flexibility index (Phi) is 2.70. The molecule has 78 valence electrons. The van der Waals surface area contributed by atoms with Gasteiger partial charge in [0.1, 0.15) is 0 Å². The fraction of sp³-hybridized carbons (Fsp3) is 0.500. The molecule has 0 spiro atoms. The first-order chi connectivity index (χ1) is 7.24. The number of rotatable bonds is 4. The summed E-state index contributed by atoms with van der Waals surface area (Å²) in [7, 11) is 2.07. The van der Waals surface area contributed by atoms with Crippen molar-refractivity contribution in [2.75, 3.05) is 13.6 Å². The molecule has 1 aliphatic rings. The van der Waals surface area contributed by atoms with Crippen molar-refractivity contribution >= 4 is 0 Å². The van der Waals surface area contributed by atoms with Gasteiger partial charge in [-0.05, 0) is 37.6 Å². The van der Waals surface area contributed by atoms with Gasteiger partial charge in [0, 0.05) is 25.5 Å². The van der Waals surface area contributed by atoms with E-state index in [1.54, 1.807) is 12.4 Å². The van der Waals surface area contributed by atoms with Crippen molar-refractivity contribution in [1.29, 1.82) is 5.26 Å². The van der Waals surface area contributed by atoms with E-state index in [4.69, 9.17) is 5.26 Å². The minimum Gasteiger partial charge on any atom is -0.301 e. The molecule has 0 saturated heterocycles. The SMILES string of the molecule is CN(Cc1ccncc1)CC1(C#N)CC1. The minimum atomic E-state index is -0.0399. The summed E-state index contributed by atoms with van der Waals surface area (Å²) in [5, 5.41) is 8.98. The monoisotopic (exact) mass is 201 g/mol. The van der Waals surface area contributed by atoms with Gasteiger partial charge >= 0.3 is 0 Å². The molecule has 0 N–H and O–H groups in total. The van der Waals surface area contributed by atoms with Crippen molar-refractivity contribution < 1.29 is 0 Å². The Morgan fingerprint density at radius 3 is 2.67 bits per heavy atom. The average Bonchev–Trinajstić information content (AvgIpc) is 3.00. The lowest BCUT2D eigenvalue weighted by Gasteiger charge is -2.19. The Morgan fingerprint density at radius 1 is 1.47 bits per heavy atom. The molecule has 0 amide bonds. The second-order valence-electron chi connectivity index (χ2n) is 4.42. The largest absolute Gasteiger partial charge is 0.301 e. The highest BCUT2D eigenvalue weighted by atomic mass is 15.1. The summed E-state index contributed by atoms with van der Waals surface area (Å²) in [5.74, 6) is 0. The Morgan fingerprint density at radius 2 is 2.13 bits per heavy atom. The predicted octanol–water partition coefficient (Wildman–Crippen LogP) is 1.82. The van der Waals surface area contributed by atoms with Gasteiger partial charge in [0.25, 0.3) is 0 Å². The Bertz CT molecular complexity index is 362. The van der Waals surface area contributed by atoms with E-state index in [2.05, 4.69) is 23.0 Å². The highest BCUT2D eigenvalue weighted by Gasteiger charge is 2.43. The second kappa shape index (κ2) is 4.00. The third-order valence-corrected chi connectivity index (χ3v) is 2.87. The van der Waals surface area contributed by atoms with Crippen LogP contribution in [0.3, 0.4) is 0 Å². The van der Waals surface area contributed by atoms with Crippen LogP contribution in [0.1, 0.15) is 18.4 Å². The molecule has 2 rings (SSSR count). The van der Waals surface area contributed by atoms with Crippen molar-refractivity contribution in [3.8, 4) is 6.07 Å².